The van der Waals surface area contributed by atoms with Crippen LogP contribution in [0.1, 0.15) is 50.2 Å². The smallest absolute Gasteiger partial charge is 0.191 e. The summed E-state index contributed by atoms with van der Waals surface area (Å²) in [5.74, 6) is 4.10. The van der Waals surface area contributed by atoms with Crippen LogP contribution in [-0.2, 0) is 19.4 Å². The second kappa shape index (κ2) is 11.2. The highest BCUT2D eigenvalue weighted by Gasteiger charge is 2.23. The van der Waals surface area contributed by atoms with Crippen LogP contribution in [0, 0.1) is 0 Å². The minimum atomic E-state index is 0.354. The van der Waals surface area contributed by atoms with Crippen molar-refractivity contribution in [3.8, 4) is 5.75 Å². The summed E-state index contributed by atoms with van der Waals surface area (Å²) in [5.41, 5.74) is 1.16. The van der Waals surface area contributed by atoms with Crippen molar-refractivity contribution in [1.29, 1.82) is 0 Å². The molecule has 32 heavy (non-hydrogen) atoms. The number of aromatic nitrogens is 3. The molecule has 174 valence electrons. The number of guanidine groups is 1. The summed E-state index contributed by atoms with van der Waals surface area (Å²) in [4.78, 5) is 6.86. The molecule has 1 aromatic heterocycles. The molecule has 4 rings (SSSR count). The van der Waals surface area contributed by atoms with Crippen LogP contribution in [0.2, 0.25) is 0 Å². The van der Waals surface area contributed by atoms with E-state index in [9.17, 15) is 0 Å². The highest BCUT2D eigenvalue weighted by Crippen LogP contribution is 2.29. The molecule has 1 saturated heterocycles. The first-order valence-corrected chi connectivity index (χ1v) is 12.0. The maximum absolute atomic E-state index is 5.56. The number of piperidine rings is 1. The molecule has 0 radical (unpaired) electrons. The molecule has 0 amide bonds. The number of ether oxygens (including phenoxy) is 1. The molecule has 1 atom stereocenters. The Balaban J connectivity index is 1.25. The molecular weight excluding hydrogens is 402 g/mol. The fraction of sp³-hybridized carbons (Fsp3) is 0.625. The molecule has 0 spiro atoms. The van der Waals surface area contributed by atoms with Crippen LogP contribution in [0.25, 0.3) is 0 Å². The Morgan fingerprint density at radius 3 is 2.94 bits per heavy atom. The van der Waals surface area contributed by atoms with E-state index in [-0.39, 0.29) is 0 Å². The Hall–Kier alpha value is -2.77. The standard InChI is InChI=1S/C24H37N7O/c1-25-24(26-15-8-14-23-29-28-22-13-4-3-7-17-31(22)23)27-19-10-9-16-30(18-19)20-11-5-6-12-21(20)32-2/h5-6,11-12,19H,3-4,7-10,13-18H2,1-2H3,(H2,25,26,27). The van der Waals surface area contributed by atoms with E-state index in [0.29, 0.717) is 6.04 Å². The topological polar surface area (TPSA) is 79.6 Å². The van der Waals surface area contributed by atoms with E-state index in [1.54, 1.807) is 7.11 Å². The molecule has 0 aliphatic carbocycles. The molecule has 1 fully saturated rings. The lowest BCUT2D eigenvalue weighted by Gasteiger charge is -2.36. The first-order chi connectivity index (χ1) is 15.8. The molecule has 0 bridgehead atoms. The van der Waals surface area contributed by atoms with Crippen LogP contribution in [0.5, 0.6) is 5.75 Å². The first-order valence-electron chi connectivity index (χ1n) is 12.0. The molecule has 0 saturated carbocycles. The van der Waals surface area contributed by atoms with Gasteiger partial charge in [-0.3, -0.25) is 4.99 Å². The fourth-order valence-corrected chi connectivity index (χ4v) is 4.78. The number of aliphatic imine (C=N–C) groups is 1. The van der Waals surface area contributed by atoms with Gasteiger partial charge in [-0.1, -0.05) is 18.6 Å². The third-order valence-corrected chi connectivity index (χ3v) is 6.47. The van der Waals surface area contributed by atoms with Crippen molar-refractivity contribution in [2.75, 3.05) is 38.7 Å². The summed E-state index contributed by atoms with van der Waals surface area (Å²) in [6.45, 7) is 3.92. The van der Waals surface area contributed by atoms with Gasteiger partial charge >= 0.3 is 0 Å². The lowest BCUT2D eigenvalue weighted by Crippen LogP contribution is -2.51. The summed E-state index contributed by atoms with van der Waals surface area (Å²) in [5, 5.41) is 16.0. The Morgan fingerprint density at radius 1 is 1.16 bits per heavy atom. The van der Waals surface area contributed by atoms with Crippen molar-refractivity contribution in [1.82, 2.24) is 25.4 Å². The number of para-hydroxylation sites is 2. The highest BCUT2D eigenvalue weighted by molar-refractivity contribution is 5.80. The number of fused-ring (bicyclic) bond motifs is 1. The number of hydrogen-bond acceptors (Lipinski definition) is 5. The van der Waals surface area contributed by atoms with Crippen molar-refractivity contribution in [2.24, 2.45) is 4.99 Å². The van der Waals surface area contributed by atoms with Gasteiger partial charge < -0.3 is 24.8 Å². The second-order valence-corrected chi connectivity index (χ2v) is 8.70. The van der Waals surface area contributed by atoms with Crippen molar-refractivity contribution < 1.29 is 4.74 Å². The summed E-state index contributed by atoms with van der Waals surface area (Å²) in [7, 11) is 3.58. The molecule has 1 aromatic carbocycles. The first kappa shape index (κ1) is 22.4. The highest BCUT2D eigenvalue weighted by atomic mass is 16.5. The van der Waals surface area contributed by atoms with Gasteiger partial charge in [0.2, 0.25) is 0 Å². The minimum absolute atomic E-state index is 0.354. The molecule has 8 nitrogen and oxygen atoms in total. The van der Waals surface area contributed by atoms with Crippen LogP contribution < -0.4 is 20.3 Å². The van der Waals surface area contributed by atoms with Crippen molar-refractivity contribution in [3.05, 3.63) is 35.9 Å². The number of benzene rings is 1. The number of hydrogen-bond donors (Lipinski definition) is 2. The van der Waals surface area contributed by atoms with Gasteiger partial charge in [0.05, 0.1) is 12.8 Å². The maximum atomic E-state index is 5.56. The van der Waals surface area contributed by atoms with Crippen molar-refractivity contribution >= 4 is 11.6 Å². The van der Waals surface area contributed by atoms with Crippen molar-refractivity contribution in [2.45, 2.75) is 64.0 Å². The van der Waals surface area contributed by atoms with Crippen LogP contribution in [-0.4, -0.2) is 60.6 Å². The van der Waals surface area contributed by atoms with Crippen LogP contribution in [0.4, 0.5) is 5.69 Å². The molecule has 2 N–H and O–H groups in total. The van der Waals surface area contributed by atoms with Gasteiger partial charge in [0.25, 0.3) is 0 Å². The third-order valence-electron chi connectivity index (χ3n) is 6.47. The van der Waals surface area contributed by atoms with E-state index in [2.05, 4.69) is 47.4 Å². The van der Waals surface area contributed by atoms with Gasteiger partial charge in [-0.05, 0) is 44.2 Å². The summed E-state index contributed by atoms with van der Waals surface area (Å²) in [6, 6.07) is 8.61. The number of nitrogens with one attached hydrogen (secondary N) is 2. The van der Waals surface area contributed by atoms with E-state index in [1.165, 1.54) is 25.1 Å². The molecule has 8 heteroatoms. The number of methoxy groups -OCH3 is 1. The summed E-state index contributed by atoms with van der Waals surface area (Å²) >= 11 is 0. The fourth-order valence-electron chi connectivity index (χ4n) is 4.78. The average Bonchev–Trinajstić information content (AvgIpc) is 3.06. The minimum Gasteiger partial charge on any atom is -0.495 e. The summed E-state index contributed by atoms with van der Waals surface area (Å²) < 4.78 is 7.91. The monoisotopic (exact) mass is 439 g/mol. The SMILES string of the molecule is CN=C(NCCCc1nnc2n1CCCCC2)NC1CCCN(c2ccccc2OC)C1. The van der Waals surface area contributed by atoms with E-state index in [4.69, 9.17) is 4.74 Å². The third kappa shape index (κ3) is 5.53. The Bertz CT molecular complexity index is 894. The molecule has 2 aliphatic heterocycles. The predicted octanol–water partition coefficient (Wildman–Crippen LogP) is 2.78. The van der Waals surface area contributed by atoms with Gasteiger partial charge in [-0.15, -0.1) is 10.2 Å². The quantitative estimate of drug-likeness (QED) is 0.392. The van der Waals surface area contributed by atoms with E-state index in [0.717, 1.165) is 81.5 Å². The van der Waals surface area contributed by atoms with Gasteiger partial charge in [0.15, 0.2) is 5.96 Å². The maximum Gasteiger partial charge on any atom is 0.191 e. The predicted molar refractivity (Wildman–Crippen MR) is 129 cm³/mol. The van der Waals surface area contributed by atoms with E-state index < -0.39 is 0 Å². The van der Waals surface area contributed by atoms with Gasteiger partial charge in [0.1, 0.15) is 17.4 Å². The van der Waals surface area contributed by atoms with Crippen LogP contribution in [0.3, 0.4) is 0 Å². The molecule has 3 heterocycles. The zero-order valence-electron chi connectivity index (χ0n) is 19.5. The molecule has 1 unspecified atom stereocenters. The number of rotatable bonds is 7. The molecule has 2 aromatic rings. The molecular formula is C24H37N7O. The Morgan fingerprint density at radius 2 is 2.06 bits per heavy atom. The zero-order valence-corrected chi connectivity index (χ0v) is 19.5. The Labute approximate surface area is 191 Å². The van der Waals surface area contributed by atoms with Gasteiger partial charge in [0, 0.05) is 52.1 Å². The average molecular weight is 440 g/mol. The van der Waals surface area contributed by atoms with Crippen molar-refractivity contribution in [3.63, 3.8) is 0 Å². The largest absolute Gasteiger partial charge is 0.495 e. The lowest BCUT2D eigenvalue weighted by molar-refractivity contribution is 0.408. The number of anilines is 1. The number of aryl methyl sites for hydroxylation is 2. The van der Waals surface area contributed by atoms with E-state index in [1.807, 2.05) is 19.2 Å². The zero-order chi connectivity index (χ0) is 22.2. The Kier molecular flexibility index (Phi) is 7.85. The normalized spacial score (nSPS) is 19.2. The van der Waals surface area contributed by atoms with E-state index >= 15 is 0 Å². The second-order valence-electron chi connectivity index (χ2n) is 8.70. The summed E-state index contributed by atoms with van der Waals surface area (Å²) in [6.07, 6.45) is 9.07. The number of nitrogens with zero attached hydrogens (tertiary/aromatic N) is 5. The molecule has 2 aliphatic rings. The van der Waals surface area contributed by atoms with Gasteiger partial charge in [-0.25, -0.2) is 0 Å². The van der Waals surface area contributed by atoms with Crippen LogP contribution >= 0.6 is 0 Å². The van der Waals surface area contributed by atoms with Gasteiger partial charge in [-0.2, -0.15) is 0 Å². The van der Waals surface area contributed by atoms with Crippen LogP contribution in [0.15, 0.2) is 29.3 Å². The lowest BCUT2D eigenvalue weighted by atomic mass is 10.0.